The van der Waals surface area contributed by atoms with E-state index in [1.165, 1.54) is 0 Å². The van der Waals surface area contributed by atoms with Crippen LogP contribution >= 0.6 is 0 Å². The Morgan fingerprint density at radius 1 is 0.889 bits per heavy atom. The molecule has 0 saturated carbocycles. The van der Waals surface area contributed by atoms with Crippen molar-refractivity contribution in [3.05, 3.63) is 97.8 Å². The summed E-state index contributed by atoms with van der Waals surface area (Å²) >= 11 is 0. The second-order valence-electron chi connectivity index (χ2n) is 6.56. The number of H-pyrrole nitrogens is 2. The third-order valence-electron chi connectivity index (χ3n) is 4.86. The molecular formula is C21H15N3O3. The number of ether oxygens (including phenoxy) is 1. The Hall–Kier alpha value is -3.67. The highest BCUT2D eigenvalue weighted by atomic mass is 16.5. The van der Waals surface area contributed by atoms with Crippen LogP contribution in [0.15, 0.2) is 64.2 Å². The molecule has 2 aromatic heterocycles. The number of aromatic amines is 2. The molecule has 27 heavy (non-hydrogen) atoms. The number of para-hydroxylation sites is 1. The molecule has 6 heteroatoms. The van der Waals surface area contributed by atoms with E-state index in [0.29, 0.717) is 28.2 Å². The van der Waals surface area contributed by atoms with Crippen LogP contribution in [0.2, 0.25) is 0 Å². The molecule has 1 atom stereocenters. The topological polar surface area (TPSA) is 87.8 Å². The summed E-state index contributed by atoms with van der Waals surface area (Å²) < 4.78 is 6.03. The number of benzene rings is 2. The lowest BCUT2D eigenvalue weighted by Crippen LogP contribution is -2.29. The van der Waals surface area contributed by atoms with E-state index in [4.69, 9.17) is 4.74 Å². The number of pyridine rings is 1. The van der Waals surface area contributed by atoms with Crippen LogP contribution in [0.25, 0.3) is 10.9 Å². The Bertz CT molecular complexity index is 1310. The minimum absolute atomic E-state index is 0.244. The number of nitrogens with one attached hydrogen (secondary N) is 2. The van der Waals surface area contributed by atoms with Crippen LogP contribution in [0.5, 0.6) is 11.6 Å². The number of rotatable bonds is 1. The van der Waals surface area contributed by atoms with Crippen molar-refractivity contribution in [3.63, 3.8) is 0 Å². The van der Waals surface area contributed by atoms with Gasteiger partial charge in [0.15, 0.2) is 0 Å². The summed E-state index contributed by atoms with van der Waals surface area (Å²) in [4.78, 5) is 35.8. The normalized spacial score (nSPS) is 15.1. The molecule has 0 bridgehead atoms. The summed E-state index contributed by atoms with van der Waals surface area (Å²) in [6.07, 6.45) is 0. The fraction of sp³-hybridized carbons (Fsp3) is 0.0952. The Morgan fingerprint density at radius 3 is 2.41 bits per heavy atom. The van der Waals surface area contributed by atoms with Gasteiger partial charge in [-0.25, -0.2) is 0 Å². The molecule has 6 nitrogen and oxygen atoms in total. The first kappa shape index (κ1) is 15.6. The van der Waals surface area contributed by atoms with Crippen molar-refractivity contribution in [2.75, 3.05) is 0 Å². The van der Waals surface area contributed by atoms with Gasteiger partial charge in [0.25, 0.3) is 11.1 Å². The van der Waals surface area contributed by atoms with E-state index in [1.54, 1.807) is 6.92 Å². The van der Waals surface area contributed by atoms with Crippen LogP contribution in [-0.2, 0) is 0 Å². The quantitative estimate of drug-likeness (QED) is 0.482. The first-order valence-electron chi connectivity index (χ1n) is 8.62. The molecule has 0 amide bonds. The minimum Gasteiger partial charge on any atom is -0.437 e. The van der Waals surface area contributed by atoms with Crippen LogP contribution in [0, 0.1) is 6.92 Å². The number of aromatic nitrogens is 3. The van der Waals surface area contributed by atoms with E-state index in [1.807, 2.05) is 54.6 Å². The number of fused-ring (bicyclic) bond motifs is 4. The SMILES string of the molecule is Cc1nc2c(c(=O)[nH]1)C(c1ccccc1)c1c(c3ccccc3[nH]c1=O)O2. The summed E-state index contributed by atoms with van der Waals surface area (Å²) in [7, 11) is 0. The van der Waals surface area contributed by atoms with Gasteiger partial charge < -0.3 is 14.7 Å². The Morgan fingerprint density at radius 2 is 1.59 bits per heavy atom. The number of hydrogen-bond donors (Lipinski definition) is 2. The molecule has 0 radical (unpaired) electrons. The third-order valence-corrected chi connectivity index (χ3v) is 4.86. The lowest BCUT2D eigenvalue weighted by Gasteiger charge is -2.27. The van der Waals surface area contributed by atoms with Crippen LogP contribution in [0.1, 0.15) is 28.4 Å². The summed E-state index contributed by atoms with van der Waals surface area (Å²) in [5, 5.41) is 0.776. The summed E-state index contributed by atoms with van der Waals surface area (Å²) in [5.41, 5.74) is 1.70. The highest BCUT2D eigenvalue weighted by Crippen LogP contribution is 2.45. The van der Waals surface area contributed by atoms with Crippen molar-refractivity contribution in [1.29, 1.82) is 0 Å². The average molecular weight is 357 g/mol. The van der Waals surface area contributed by atoms with Crippen molar-refractivity contribution in [1.82, 2.24) is 15.0 Å². The Labute approximate surface area is 153 Å². The van der Waals surface area contributed by atoms with Gasteiger partial charge in [0.05, 0.1) is 22.6 Å². The molecule has 0 aliphatic carbocycles. The van der Waals surface area contributed by atoms with Crippen molar-refractivity contribution < 1.29 is 4.74 Å². The van der Waals surface area contributed by atoms with Gasteiger partial charge in [-0.15, -0.1) is 0 Å². The van der Waals surface area contributed by atoms with Crippen molar-refractivity contribution in [3.8, 4) is 11.6 Å². The molecule has 0 fully saturated rings. The summed E-state index contributed by atoms with van der Waals surface area (Å²) in [6.45, 7) is 1.70. The predicted molar refractivity (Wildman–Crippen MR) is 102 cm³/mol. The Balaban J connectivity index is 1.93. The van der Waals surface area contributed by atoms with Gasteiger partial charge in [0.2, 0.25) is 5.88 Å². The molecule has 0 saturated heterocycles. The van der Waals surface area contributed by atoms with Gasteiger partial charge in [-0.05, 0) is 24.6 Å². The maximum atomic E-state index is 13.0. The minimum atomic E-state index is -0.560. The molecule has 5 rings (SSSR count). The Kier molecular flexibility index (Phi) is 3.27. The van der Waals surface area contributed by atoms with E-state index in [9.17, 15) is 9.59 Å². The number of nitrogens with zero attached hydrogens (tertiary/aromatic N) is 1. The van der Waals surface area contributed by atoms with E-state index in [-0.39, 0.29) is 17.0 Å². The fourth-order valence-electron chi connectivity index (χ4n) is 3.72. The van der Waals surface area contributed by atoms with Gasteiger partial charge in [-0.1, -0.05) is 42.5 Å². The maximum Gasteiger partial charge on any atom is 0.258 e. The monoisotopic (exact) mass is 357 g/mol. The second-order valence-corrected chi connectivity index (χ2v) is 6.56. The van der Waals surface area contributed by atoms with Gasteiger partial charge in [-0.3, -0.25) is 9.59 Å². The molecule has 1 aliphatic rings. The zero-order chi connectivity index (χ0) is 18.5. The standard InChI is InChI=1S/C21H15N3O3/c1-11-22-20(26)17-15(12-7-3-2-4-8-12)16-18(27-21(17)23-11)13-9-5-6-10-14(13)24-19(16)25/h2-10,15H,1H3,(H,24,25)(H,22,23,26). The van der Waals surface area contributed by atoms with Crippen LogP contribution < -0.4 is 15.9 Å². The summed E-state index contributed by atoms with van der Waals surface area (Å²) in [6, 6.07) is 16.9. The lowest BCUT2D eigenvalue weighted by molar-refractivity contribution is 0.431. The highest BCUT2D eigenvalue weighted by molar-refractivity contribution is 5.87. The summed E-state index contributed by atoms with van der Waals surface area (Å²) in [5.74, 6) is 0.597. The van der Waals surface area contributed by atoms with Crippen molar-refractivity contribution >= 4 is 10.9 Å². The molecule has 2 N–H and O–H groups in total. The third kappa shape index (κ3) is 2.30. The van der Waals surface area contributed by atoms with Crippen LogP contribution in [0.4, 0.5) is 0 Å². The van der Waals surface area contributed by atoms with Gasteiger partial charge in [-0.2, -0.15) is 4.98 Å². The molecule has 2 aromatic carbocycles. The lowest BCUT2D eigenvalue weighted by atomic mass is 9.84. The zero-order valence-corrected chi connectivity index (χ0v) is 14.4. The van der Waals surface area contributed by atoms with Gasteiger partial charge >= 0.3 is 0 Å². The molecule has 1 aliphatic heterocycles. The van der Waals surface area contributed by atoms with Crippen molar-refractivity contribution in [2.45, 2.75) is 12.8 Å². The molecule has 4 aromatic rings. The number of hydrogen-bond acceptors (Lipinski definition) is 4. The maximum absolute atomic E-state index is 13.0. The van der Waals surface area contributed by atoms with E-state index in [2.05, 4.69) is 15.0 Å². The molecule has 132 valence electrons. The number of aryl methyl sites for hydroxylation is 1. The molecule has 0 spiro atoms. The predicted octanol–water partition coefficient (Wildman–Crippen LogP) is 3.21. The first-order chi connectivity index (χ1) is 13.1. The molecule has 3 heterocycles. The fourth-order valence-corrected chi connectivity index (χ4v) is 3.72. The smallest absolute Gasteiger partial charge is 0.258 e. The highest BCUT2D eigenvalue weighted by Gasteiger charge is 2.36. The van der Waals surface area contributed by atoms with Gasteiger partial charge in [0, 0.05) is 5.39 Å². The zero-order valence-electron chi connectivity index (χ0n) is 14.4. The van der Waals surface area contributed by atoms with E-state index in [0.717, 1.165) is 10.9 Å². The second kappa shape index (κ2) is 5.67. The first-order valence-corrected chi connectivity index (χ1v) is 8.62. The van der Waals surface area contributed by atoms with Crippen LogP contribution in [0.3, 0.4) is 0 Å². The van der Waals surface area contributed by atoms with Crippen LogP contribution in [-0.4, -0.2) is 15.0 Å². The average Bonchev–Trinajstić information content (AvgIpc) is 2.67. The molecular weight excluding hydrogens is 342 g/mol. The van der Waals surface area contributed by atoms with E-state index >= 15 is 0 Å². The van der Waals surface area contributed by atoms with Crippen molar-refractivity contribution in [2.24, 2.45) is 0 Å². The largest absolute Gasteiger partial charge is 0.437 e. The van der Waals surface area contributed by atoms with Gasteiger partial charge in [0.1, 0.15) is 11.6 Å². The molecule has 1 unspecified atom stereocenters. The van der Waals surface area contributed by atoms with E-state index < -0.39 is 5.92 Å².